The molecule has 2 rings (SSSR count). The summed E-state index contributed by atoms with van der Waals surface area (Å²) in [6, 6.07) is 7.55. The van der Waals surface area contributed by atoms with E-state index in [-0.39, 0.29) is 11.8 Å². The summed E-state index contributed by atoms with van der Waals surface area (Å²) in [5, 5.41) is 3.46. The number of nitrogens with one attached hydrogen (secondary N) is 1. The number of benzene rings is 1. The average molecular weight is 281 g/mol. The lowest BCUT2D eigenvalue weighted by atomic mass is 10.1. The fraction of sp³-hybridized carbons (Fsp3) is 0.429. The molecule has 0 atom stereocenters. The normalized spacial score (nSPS) is 15.8. The van der Waals surface area contributed by atoms with Crippen LogP contribution in [0, 0.1) is 0 Å². The number of aryl methyl sites for hydroxylation is 1. The van der Waals surface area contributed by atoms with Crippen molar-refractivity contribution in [3.63, 3.8) is 0 Å². The van der Waals surface area contributed by atoms with Gasteiger partial charge in [-0.05, 0) is 18.1 Å². The largest absolute Gasteiger partial charge is 0.354 e. The van der Waals surface area contributed by atoms with Gasteiger partial charge in [0, 0.05) is 37.5 Å². The smallest absolute Gasteiger partial charge is 0.222 e. The predicted molar refractivity (Wildman–Crippen MR) is 74.0 cm³/mol. The number of rotatable bonds is 3. The van der Waals surface area contributed by atoms with Crippen molar-refractivity contribution in [2.24, 2.45) is 0 Å². The quantitative estimate of drug-likeness (QED) is 0.915. The second-order valence-electron chi connectivity index (χ2n) is 4.57. The van der Waals surface area contributed by atoms with E-state index in [9.17, 15) is 9.59 Å². The van der Waals surface area contributed by atoms with Crippen molar-refractivity contribution in [3.05, 3.63) is 34.9 Å². The van der Waals surface area contributed by atoms with Crippen molar-refractivity contribution < 1.29 is 9.59 Å². The molecule has 1 saturated heterocycles. The van der Waals surface area contributed by atoms with Crippen molar-refractivity contribution in [2.75, 3.05) is 19.6 Å². The van der Waals surface area contributed by atoms with E-state index in [4.69, 9.17) is 11.6 Å². The fourth-order valence-corrected chi connectivity index (χ4v) is 2.35. The van der Waals surface area contributed by atoms with Crippen LogP contribution in [0.2, 0.25) is 5.02 Å². The summed E-state index contributed by atoms with van der Waals surface area (Å²) in [5.41, 5.74) is 0.988. The molecule has 0 bridgehead atoms. The van der Waals surface area contributed by atoms with E-state index < -0.39 is 0 Å². The molecule has 102 valence electrons. The van der Waals surface area contributed by atoms with Gasteiger partial charge in [-0.2, -0.15) is 0 Å². The van der Waals surface area contributed by atoms with E-state index in [0.717, 1.165) is 5.56 Å². The third kappa shape index (κ3) is 3.96. The Morgan fingerprint density at radius 2 is 2.11 bits per heavy atom. The van der Waals surface area contributed by atoms with Gasteiger partial charge in [0.05, 0.1) is 0 Å². The number of hydrogen-bond donors (Lipinski definition) is 1. The second-order valence-corrected chi connectivity index (χ2v) is 4.98. The molecule has 0 spiro atoms. The highest BCUT2D eigenvalue weighted by Gasteiger charge is 2.18. The molecular formula is C14H17ClN2O2. The van der Waals surface area contributed by atoms with Crippen LogP contribution in [0.25, 0.3) is 0 Å². The molecule has 1 aliphatic heterocycles. The van der Waals surface area contributed by atoms with Crippen molar-refractivity contribution in [1.29, 1.82) is 0 Å². The maximum atomic E-state index is 12.1. The molecular weight excluding hydrogens is 264 g/mol. The average Bonchev–Trinajstić information content (AvgIpc) is 2.62. The highest BCUT2D eigenvalue weighted by Crippen LogP contribution is 2.17. The first-order chi connectivity index (χ1) is 9.16. The minimum atomic E-state index is 0.0152. The van der Waals surface area contributed by atoms with Gasteiger partial charge in [-0.1, -0.05) is 29.8 Å². The van der Waals surface area contributed by atoms with Crippen LogP contribution in [0.5, 0.6) is 0 Å². The second kappa shape index (κ2) is 6.57. The van der Waals surface area contributed by atoms with Crippen LogP contribution in [-0.2, 0) is 16.0 Å². The van der Waals surface area contributed by atoms with Gasteiger partial charge in [-0.25, -0.2) is 0 Å². The first-order valence-corrected chi connectivity index (χ1v) is 6.82. The van der Waals surface area contributed by atoms with Crippen molar-refractivity contribution in [2.45, 2.75) is 19.3 Å². The minimum absolute atomic E-state index is 0.0152. The Morgan fingerprint density at radius 1 is 1.32 bits per heavy atom. The number of hydrogen-bond acceptors (Lipinski definition) is 2. The summed E-state index contributed by atoms with van der Waals surface area (Å²) in [7, 11) is 0. The van der Waals surface area contributed by atoms with Crippen molar-refractivity contribution in [1.82, 2.24) is 10.2 Å². The highest BCUT2D eigenvalue weighted by molar-refractivity contribution is 6.31. The molecule has 0 aliphatic carbocycles. The molecule has 0 aromatic heterocycles. The Labute approximate surface area is 117 Å². The lowest BCUT2D eigenvalue weighted by molar-refractivity contribution is -0.131. The van der Waals surface area contributed by atoms with E-state index in [0.29, 0.717) is 43.9 Å². The predicted octanol–water partition coefficient (Wildman–Crippen LogP) is 1.62. The van der Waals surface area contributed by atoms with Crippen LogP contribution in [-0.4, -0.2) is 36.3 Å². The number of nitrogens with zero attached hydrogens (tertiary/aromatic N) is 1. The third-order valence-electron chi connectivity index (χ3n) is 3.23. The van der Waals surface area contributed by atoms with Crippen LogP contribution >= 0.6 is 11.6 Å². The zero-order valence-electron chi connectivity index (χ0n) is 10.7. The molecule has 1 heterocycles. The van der Waals surface area contributed by atoms with Gasteiger partial charge in [0.1, 0.15) is 0 Å². The molecule has 1 fully saturated rings. The summed E-state index contributed by atoms with van der Waals surface area (Å²) >= 11 is 6.06. The summed E-state index contributed by atoms with van der Waals surface area (Å²) in [5.74, 6) is 0.0952. The van der Waals surface area contributed by atoms with Gasteiger partial charge in [-0.15, -0.1) is 0 Å². The molecule has 1 aliphatic rings. The zero-order chi connectivity index (χ0) is 13.7. The Balaban J connectivity index is 1.87. The summed E-state index contributed by atoms with van der Waals surface area (Å²) in [6.07, 6.45) is 1.45. The van der Waals surface area contributed by atoms with Crippen molar-refractivity contribution in [3.8, 4) is 0 Å². The van der Waals surface area contributed by atoms with Gasteiger partial charge in [0.15, 0.2) is 0 Å². The third-order valence-corrected chi connectivity index (χ3v) is 3.60. The maximum absolute atomic E-state index is 12.1. The summed E-state index contributed by atoms with van der Waals surface area (Å²) in [6.45, 7) is 1.64. The van der Waals surface area contributed by atoms with Crippen LogP contribution in [0.3, 0.4) is 0 Å². The lowest BCUT2D eigenvalue weighted by Gasteiger charge is -2.19. The Bertz CT molecular complexity index is 476. The maximum Gasteiger partial charge on any atom is 0.222 e. The van der Waals surface area contributed by atoms with Gasteiger partial charge in [0.25, 0.3) is 0 Å². The molecule has 1 aromatic rings. The standard InChI is InChI=1S/C14H17ClN2O2/c15-12-4-2-1-3-11(12)5-6-14(19)17-9-7-13(18)16-8-10-17/h1-4H,5-10H2,(H,16,18). The molecule has 0 unspecified atom stereocenters. The van der Waals surface area contributed by atoms with E-state index >= 15 is 0 Å². The molecule has 0 radical (unpaired) electrons. The molecule has 2 amide bonds. The molecule has 19 heavy (non-hydrogen) atoms. The van der Waals surface area contributed by atoms with Crippen molar-refractivity contribution >= 4 is 23.4 Å². The van der Waals surface area contributed by atoms with E-state index in [1.165, 1.54) is 0 Å². The Hall–Kier alpha value is -1.55. The SMILES string of the molecule is O=C1CCN(C(=O)CCc2ccccc2Cl)CCN1. The molecule has 1 N–H and O–H groups in total. The van der Waals surface area contributed by atoms with Gasteiger partial charge in [-0.3, -0.25) is 9.59 Å². The van der Waals surface area contributed by atoms with Crippen LogP contribution in [0.4, 0.5) is 0 Å². The monoisotopic (exact) mass is 280 g/mol. The van der Waals surface area contributed by atoms with Crippen LogP contribution in [0.15, 0.2) is 24.3 Å². The molecule has 1 aromatic carbocycles. The first-order valence-electron chi connectivity index (χ1n) is 6.44. The van der Waals surface area contributed by atoms with E-state index in [2.05, 4.69) is 5.32 Å². The molecule has 0 saturated carbocycles. The number of amides is 2. The Morgan fingerprint density at radius 3 is 2.89 bits per heavy atom. The number of carbonyl (C=O) groups is 2. The highest BCUT2D eigenvalue weighted by atomic mass is 35.5. The van der Waals surface area contributed by atoms with Gasteiger partial charge >= 0.3 is 0 Å². The summed E-state index contributed by atoms with van der Waals surface area (Å²) in [4.78, 5) is 25.0. The fourth-order valence-electron chi connectivity index (χ4n) is 2.12. The number of carbonyl (C=O) groups excluding carboxylic acids is 2. The lowest BCUT2D eigenvalue weighted by Crippen LogP contribution is -2.34. The first kappa shape index (κ1) is 13.9. The number of halogens is 1. The summed E-state index contributed by atoms with van der Waals surface area (Å²) < 4.78 is 0. The molecule has 4 nitrogen and oxygen atoms in total. The van der Waals surface area contributed by atoms with Crippen LogP contribution in [0.1, 0.15) is 18.4 Å². The Kier molecular flexibility index (Phi) is 4.80. The zero-order valence-corrected chi connectivity index (χ0v) is 11.4. The van der Waals surface area contributed by atoms with Gasteiger partial charge < -0.3 is 10.2 Å². The van der Waals surface area contributed by atoms with E-state index in [1.54, 1.807) is 4.90 Å². The van der Waals surface area contributed by atoms with Crippen LogP contribution < -0.4 is 5.32 Å². The molecule has 5 heteroatoms. The topological polar surface area (TPSA) is 49.4 Å². The van der Waals surface area contributed by atoms with Gasteiger partial charge in [0.2, 0.25) is 11.8 Å². The van der Waals surface area contributed by atoms with E-state index in [1.807, 2.05) is 24.3 Å². The minimum Gasteiger partial charge on any atom is -0.354 e.